The Kier molecular flexibility index (Phi) is 2.79. The number of sulfonamides is 1. The fourth-order valence-electron chi connectivity index (χ4n) is 2.83. The van der Waals surface area contributed by atoms with Gasteiger partial charge in [0.05, 0.1) is 17.1 Å². The molecule has 0 bridgehead atoms. The average molecular weight is 298 g/mol. The van der Waals surface area contributed by atoms with Gasteiger partial charge in [-0.3, -0.25) is 9.10 Å². The number of benzene rings is 1. The van der Waals surface area contributed by atoms with Crippen molar-refractivity contribution in [3.8, 4) is 0 Å². The first-order chi connectivity index (χ1) is 9.40. The number of nitrogens with one attached hydrogen (secondary N) is 1. The highest BCUT2D eigenvalue weighted by atomic mass is 32.2. The molecule has 1 spiro atoms. The zero-order chi connectivity index (χ0) is 14.5. The van der Waals surface area contributed by atoms with E-state index in [4.69, 9.17) is 0 Å². The van der Waals surface area contributed by atoms with Crippen molar-refractivity contribution in [2.24, 2.45) is 0 Å². The molecule has 1 saturated carbocycles. The third-order valence-electron chi connectivity index (χ3n) is 4.06. The van der Waals surface area contributed by atoms with Gasteiger partial charge in [-0.05, 0) is 44.4 Å². The van der Waals surface area contributed by atoms with Gasteiger partial charge in [0.25, 0.3) is 5.91 Å². The second kappa shape index (κ2) is 4.18. The van der Waals surface area contributed by atoms with E-state index in [0.717, 1.165) is 12.5 Å². The molecule has 20 heavy (non-hydrogen) atoms. The van der Waals surface area contributed by atoms with E-state index in [-0.39, 0.29) is 17.3 Å². The molecule has 0 radical (unpaired) electrons. The van der Waals surface area contributed by atoms with E-state index < -0.39 is 21.4 Å². The summed E-state index contributed by atoms with van der Waals surface area (Å²) in [4.78, 5) is 12.3. The van der Waals surface area contributed by atoms with E-state index in [2.05, 4.69) is 5.32 Å². The standard InChI is InChI=1S/C13H15FN2O3S/c1-2-20(18,19)16-11-5-4-9(14)8-10(11)15-12(17)13(16)6-3-7-13/h4-5,8H,2-3,6-7H2,1H3,(H,15,17). The lowest BCUT2D eigenvalue weighted by Gasteiger charge is -2.51. The van der Waals surface area contributed by atoms with Gasteiger partial charge in [-0.15, -0.1) is 0 Å². The molecular weight excluding hydrogens is 283 g/mol. The van der Waals surface area contributed by atoms with Crippen molar-refractivity contribution < 1.29 is 17.6 Å². The zero-order valence-electron chi connectivity index (χ0n) is 11.0. The Bertz CT molecular complexity index is 683. The maximum atomic E-state index is 13.3. The zero-order valence-corrected chi connectivity index (χ0v) is 11.8. The third-order valence-corrected chi connectivity index (χ3v) is 5.89. The lowest BCUT2D eigenvalue weighted by atomic mass is 9.74. The first-order valence-electron chi connectivity index (χ1n) is 6.55. The minimum absolute atomic E-state index is 0.0984. The van der Waals surface area contributed by atoms with E-state index in [1.54, 1.807) is 0 Å². The number of carbonyl (C=O) groups is 1. The van der Waals surface area contributed by atoms with Crippen molar-refractivity contribution in [2.75, 3.05) is 15.4 Å². The molecule has 1 fully saturated rings. The van der Waals surface area contributed by atoms with Crippen LogP contribution in [-0.4, -0.2) is 25.6 Å². The fourth-order valence-corrected chi connectivity index (χ4v) is 4.35. The molecule has 0 aromatic heterocycles. The molecule has 0 atom stereocenters. The summed E-state index contributed by atoms with van der Waals surface area (Å²) in [5.41, 5.74) is -0.461. The van der Waals surface area contributed by atoms with Crippen molar-refractivity contribution in [3.05, 3.63) is 24.0 Å². The summed E-state index contributed by atoms with van der Waals surface area (Å²) >= 11 is 0. The predicted molar refractivity (Wildman–Crippen MR) is 73.6 cm³/mol. The molecular formula is C13H15FN2O3S. The highest BCUT2D eigenvalue weighted by Gasteiger charge is 2.56. The molecule has 7 heteroatoms. The van der Waals surface area contributed by atoms with E-state index in [1.165, 1.54) is 23.4 Å². The molecule has 1 aliphatic carbocycles. The van der Waals surface area contributed by atoms with Gasteiger partial charge < -0.3 is 5.32 Å². The van der Waals surface area contributed by atoms with Gasteiger partial charge in [0, 0.05) is 0 Å². The van der Waals surface area contributed by atoms with Crippen LogP contribution in [0.3, 0.4) is 0 Å². The Hall–Kier alpha value is -1.63. The van der Waals surface area contributed by atoms with Gasteiger partial charge in [0.1, 0.15) is 11.4 Å². The lowest BCUT2D eigenvalue weighted by molar-refractivity contribution is -0.123. The third kappa shape index (κ3) is 1.65. The van der Waals surface area contributed by atoms with E-state index in [9.17, 15) is 17.6 Å². The predicted octanol–water partition coefficient (Wildman–Crippen LogP) is 1.86. The SMILES string of the molecule is CCS(=O)(=O)N1c2ccc(F)cc2NC(=O)C12CCC2. The maximum Gasteiger partial charge on any atom is 0.251 e. The Morgan fingerprint density at radius 1 is 1.40 bits per heavy atom. The summed E-state index contributed by atoms with van der Waals surface area (Å²) in [6.07, 6.45) is 1.80. The molecule has 5 nitrogen and oxygen atoms in total. The number of rotatable bonds is 2. The summed E-state index contributed by atoms with van der Waals surface area (Å²) in [7, 11) is -3.60. The topological polar surface area (TPSA) is 66.5 Å². The first kappa shape index (κ1) is 13.4. The molecule has 1 aliphatic heterocycles. The number of hydrogen-bond donors (Lipinski definition) is 1. The molecule has 2 aliphatic rings. The van der Waals surface area contributed by atoms with Crippen LogP contribution in [0, 0.1) is 5.82 Å². The van der Waals surface area contributed by atoms with E-state index in [1.807, 2.05) is 0 Å². The quantitative estimate of drug-likeness (QED) is 0.906. The van der Waals surface area contributed by atoms with Crippen LogP contribution in [0.1, 0.15) is 26.2 Å². The Labute approximate surface area is 116 Å². The summed E-state index contributed by atoms with van der Waals surface area (Å²) < 4.78 is 39.3. The van der Waals surface area contributed by atoms with Crippen molar-refractivity contribution in [3.63, 3.8) is 0 Å². The van der Waals surface area contributed by atoms with Crippen molar-refractivity contribution in [1.29, 1.82) is 0 Å². The van der Waals surface area contributed by atoms with Crippen LogP contribution in [-0.2, 0) is 14.8 Å². The minimum atomic E-state index is -3.60. The molecule has 1 heterocycles. The summed E-state index contributed by atoms with van der Waals surface area (Å²) in [5, 5.41) is 2.63. The highest BCUT2D eigenvalue weighted by molar-refractivity contribution is 7.92. The number of amides is 1. The van der Waals surface area contributed by atoms with Crippen LogP contribution in [0.5, 0.6) is 0 Å². The molecule has 0 unspecified atom stereocenters. The summed E-state index contributed by atoms with van der Waals surface area (Å²) in [6.45, 7) is 1.54. The van der Waals surface area contributed by atoms with Crippen LogP contribution in [0.25, 0.3) is 0 Å². The molecule has 1 amide bonds. The lowest BCUT2D eigenvalue weighted by Crippen LogP contribution is -2.65. The maximum absolute atomic E-state index is 13.3. The smallest absolute Gasteiger partial charge is 0.251 e. The fraction of sp³-hybridized carbons (Fsp3) is 0.462. The molecule has 1 aromatic rings. The van der Waals surface area contributed by atoms with Gasteiger partial charge in [-0.1, -0.05) is 0 Å². The van der Waals surface area contributed by atoms with Crippen LogP contribution < -0.4 is 9.62 Å². The number of anilines is 2. The minimum Gasteiger partial charge on any atom is -0.322 e. The van der Waals surface area contributed by atoms with Crippen LogP contribution in [0.4, 0.5) is 15.8 Å². The van der Waals surface area contributed by atoms with Gasteiger partial charge in [0.2, 0.25) is 10.0 Å². The second-order valence-electron chi connectivity index (χ2n) is 5.17. The van der Waals surface area contributed by atoms with Gasteiger partial charge in [0.15, 0.2) is 0 Å². The number of nitrogens with zero attached hydrogens (tertiary/aromatic N) is 1. The monoisotopic (exact) mass is 298 g/mol. The van der Waals surface area contributed by atoms with Gasteiger partial charge >= 0.3 is 0 Å². The van der Waals surface area contributed by atoms with E-state index in [0.29, 0.717) is 18.5 Å². The number of fused-ring (bicyclic) bond motifs is 1. The van der Waals surface area contributed by atoms with Crippen molar-refractivity contribution in [1.82, 2.24) is 0 Å². The van der Waals surface area contributed by atoms with Gasteiger partial charge in [-0.2, -0.15) is 0 Å². The van der Waals surface area contributed by atoms with Crippen LogP contribution >= 0.6 is 0 Å². The number of hydrogen-bond acceptors (Lipinski definition) is 3. The molecule has 108 valence electrons. The van der Waals surface area contributed by atoms with E-state index >= 15 is 0 Å². The summed E-state index contributed by atoms with van der Waals surface area (Å²) in [5.74, 6) is -0.972. The molecule has 0 saturated heterocycles. The number of halogens is 1. The molecule has 3 rings (SSSR count). The van der Waals surface area contributed by atoms with Gasteiger partial charge in [-0.25, -0.2) is 12.8 Å². The Morgan fingerprint density at radius 2 is 2.10 bits per heavy atom. The normalized spacial score (nSPS) is 20.3. The molecule has 1 N–H and O–H groups in total. The highest BCUT2D eigenvalue weighted by Crippen LogP contribution is 2.48. The van der Waals surface area contributed by atoms with Crippen LogP contribution in [0.2, 0.25) is 0 Å². The Balaban J connectivity index is 2.23. The summed E-state index contributed by atoms with van der Waals surface area (Å²) in [6, 6.07) is 3.77. The first-order valence-corrected chi connectivity index (χ1v) is 8.16. The van der Waals surface area contributed by atoms with Crippen LogP contribution in [0.15, 0.2) is 18.2 Å². The number of carbonyl (C=O) groups excluding carboxylic acids is 1. The van der Waals surface area contributed by atoms with Crippen molar-refractivity contribution >= 4 is 27.3 Å². The van der Waals surface area contributed by atoms with Crippen molar-refractivity contribution in [2.45, 2.75) is 31.7 Å². The Morgan fingerprint density at radius 3 is 2.65 bits per heavy atom. The molecule has 1 aromatic carbocycles. The second-order valence-corrected chi connectivity index (χ2v) is 7.27. The average Bonchev–Trinajstić information content (AvgIpc) is 2.34. The largest absolute Gasteiger partial charge is 0.322 e.